The van der Waals surface area contributed by atoms with E-state index in [9.17, 15) is 4.79 Å². The van der Waals surface area contributed by atoms with Gasteiger partial charge in [0, 0.05) is 17.3 Å². The Morgan fingerprint density at radius 1 is 1.56 bits per heavy atom. The van der Waals surface area contributed by atoms with E-state index >= 15 is 0 Å². The SMILES string of the molecule is CC(C)CC(=O)C1Cc2cc(Br)ccc2O1. The molecule has 1 unspecified atom stereocenters. The van der Waals surface area contributed by atoms with E-state index in [0.29, 0.717) is 18.8 Å². The van der Waals surface area contributed by atoms with Crippen molar-refractivity contribution in [2.45, 2.75) is 32.8 Å². The molecule has 0 N–H and O–H groups in total. The summed E-state index contributed by atoms with van der Waals surface area (Å²) in [5.74, 6) is 1.46. The van der Waals surface area contributed by atoms with Crippen LogP contribution in [-0.2, 0) is 11.2 Å². The van der Waals surface area contributed by atoms with Crippen molar-refractivity contribution in [2.75, 3.05) is 0 Å². The van der Waals surface area contributed by atoms with E-state index < -0.39 is 0 Å². The average Bonchev–Trinajstić information content (AvgIpc) is 2.59. The smallest absolute Gasteiger partial charge is 0.173 e. The number of hydrogen-bond donors (Lipinski definition) is 0. The number of halogens is 1. The number of ether oxygens (including phenoxy) is 1. The van der Waals surface area contributed by atoms with Crippen LogP contribution in [-0.4, -0.2) is 11.9 Å². The molecule has 2 nitrogen and oxygen atoms in total. The molecule has 0 radical (unpaired) electrons. The summed E-state index contributed by atoms with van der Waals surface area (Å²) in [5.41, 5.74) is 1.12. The Kier molecular flexibility index (Phi) is 3.33. The minimum Gasteiger partial charge on any atom is -0.482 e. The molecule has 1 atom stereocenters. The van der Waals surface area contributed by atoms with Crippen LogP contribution in [0.3, 0.4) is 0 Å². The van der Waals surface area contributed by atoms with Crippen molar-refractivity contribution in [1.82, 2.24) is 0 Å². The van der Waals surface area contributed by atoms with Crippen LogP contribution < -0.4 is 4.74 Å². The first-order valence-corrected chi connectivity index (χ1v) is 6.33. The molecule has 0 aliphatic carbocycles. The Labute approximate surface area is 104 Å². The summed E-state index contributed by atoms with van der Waals surface area (Å²) >= 11 is 3.42. The van der Waals surface area contributed by atoms with Gasteiger partial charge in [-0.25, -0.2) is 0 Å². The maximum atomic E-state index is 11.9. The standard InChI is InChI=1S/C13H15BrO2/c1-8(2)5-11(15)13-7-9-6-10(14)3-4-12(9)16-13/h3-4,6,8,13H,5,7H2,1-2H3. The van der Waals surface area contributed by atoms with Gasteiger partial charge in [-0.05, 0) is 29.7 Å². The third-order valence-corrected chi connectivity index (χ3v) is 3.16. The Bertz CT molecular complexity index is 412. The van der Waals surface area contributed by atoms with Gasteiger partial charge >= 0.3 is 0 Å². The minimum atomic E-state index is -0.272. The lowest BCUT2D eigenvalue weighted by atomic mass is 10.0. The summed E-state index contributed by atoms with van der Waals surface area (Å²) in [5, 5.41) is 0. The molecule has 2 rings (SSSR count). The van der Waals surface area contributed by atoms with Crippen LogP contribution in [0.25, 0.3) is 0 Å². The molecule has 0 bridgehead atoms. The molecule has 3 heteroatoms. The molecule has 0 spiro atoms. The lowest BCUT2D eigenvalue weighted by Gasteiger charge is -2.10. The van der Waals surface area contributed by atoms with Gasteiger partial charge in [0.05, 0.1) is 0 Å². The molecule has 1 aliphatic heterocycles. The van der Waals surface area contributed by atoms with E-state index in [4.69, 9.17) is 4.74 Å². The van der Waals surface area contributed by atoms with Crippen molar-refractivity contribution in [3.63, 3.8) is 0 Å². The Balaban J connectivity index is 2.08. The molecule has 0 amide bonds. The highest BCUT2D eigenvalue weighted by Crippen LogP contribution is 2.32. The first kappa shape index (κ1) is 11.6. The predicted octanol–water partition coefficient (Wildman–Crippen LogP) is 3.37. The first-order valence-electron chi connectivity index (χ1n) is 5.54. The molecule has 1 heterocycles. The molecule has 86 valence electrons. The molecule has 1 aliphatic rings. The number of benzene rings is 1. The second-order valence-electron chi connectivity index (χ2n) is 4.63. The molecule has 1 aromatic carbocycles. The van der Waals surface area contributed by atoms with Gasteiger partial charge in [-0.3, -0.25) is 4.79 Å². The number of Topliss-reactive ketones (excluding diaryl/α,β-unsaturated/α-hetero) is 1. The van der Waals surface area contributed by atoms with Crippen molar-refractivity contribution < 1.29 is 9.53 Å². The number of hydrogen-bond acceptors (Lipinski definition) is 2. The quantitative estimate of drug-likeness (QED) is 0.850. The third-order valence-electron chi connectivity index (χ3n) is 2.67. The number of carbonyl (C=O) groups is 1. The Morgan fingerprint density at radius 2 is 2.31 bits per heavy atom. The van der Waals surface area contributed by atoms with Gasteiger partial charge < -0.3 is 4.74 Å². The number of ketones is 1. The highest BCUT2D eigenvalue weighted by Gasteiger charge is 2.28. The number of carbonyl (C=O) groups excluding carboxylic acids is 1. The monoisotopic (exact) mass is 282 g/mol. The van der Waals surface area contributed by atoms with Crippen LogP contribution in [0.5, 0.6) is 5.75 Å². The fraction of sp³-hybridized carbons (Fsp3) is 0.462. The maximum absolute atomic E-state index is 11.9. The van der Waals surface area contributed by atoms with Crippen LogP contribution in [0.1, 0.15) is 25.8 Å². The average molecular weight is 283 g/mol. The summed E-state index contributed by atoms with van der Waals surface area (Å²) in [6.07, 6.45) is 1.03. The second kappa shape index (κ2) is 4.58. The van der Waals surface area contributed by atoms with Crippen LogP contribution in [0, 0.1) is 5.92 Å². The van der Waals surface area contributed by atoms with Crippen LogP contribution in [0.4, 0.5) is 0 Å². The highest BCUT2D eigenvalue weighted by atomic mass is 79.9. The fourth-order valence-electron chi connectivity index (χ4n) is 1.93. The van der Waals surface area contributed by atoms with E-state index in [1.807, 2.05) is 18.2 Å². The Hall–Kier alpha value is -0.830. The molecular weight excluding hydrogens is 268 g/mol. The zero-order chi connectivity index (χ0) is 11.7. The molecule has 0 saturated carbocycles. The van der Waals surface area contributed by atoms with Crippen molar-refractivity contribution in [3.8, 4) is 5.75 Å². The molecule has 16 heavy (non-hydrogen) atoms. The lowest BCUT2D eigenvalue weighted by molar-refractivity contribution is -0.125. The summed E-state index contributed by atoms with van der Waals surface area (Å²) in [4.78, 5) is 11.9. The Morgan fingerprint density at radius 3 is 3.00 bits per heavy atom. The van der Waals surface area contributed by atoms with E-state index in [0.717, 1.165) is 15.8 Å². The van der Waals surface area contributed by atoms with Gasteiger partial charge in [-0.2, -0.15) is 0 Å². The van der Waals surface area contributed by atoms with E-state index in [2.05, 4.69) is 29.8 Å². The fourth-order valence-corrected chi connectivity index (χ4v) is 2.34. The van der Waals surface area contributed by atoms with Gasteiger partial charge in [0.25, 0.3) is 0 Å². The second-order valence-corrected chi connectivity index (χ2v) is 5.54. The van der Waals surface area contributed by atoms with Crippen LogP contribution in [0.15, 0.2) is 22.7 Å². The van der Waals surface area contributed by atoms with E-state index in [1.54, 1.807) is 0 Å². The summed E-state index contributed by atoms with van der Waals surface area (Å²) in [6.45, 7) is 4.10. The highest BCUT2D eigenvalue weighted by molar-refractivity contribution is 9.10. The molecular formula is C13H15BrO2. The predicted molar refractivity (Wildman–Crippen MR) is 66.7 cm³/mol. The van der Waals surface area contributed by atoms with Crippen molar-refractivity contribution >= 4 is 21.7 Å². The van der Waals surface area contributed by atoms with Crippen LogP contribution in [0.2, 0.25) is 0 Å². The minimum absolute atomic E-state index is 0.210. The summed E-state index contributed by atoms with van der Waals surface area (Å²) < 4.78 is 6.69. The summed E-state index contributed by atoms with van der Waals surface area (Å²) in [7, 11) is 0. The van der Waals surface area contributed by atoms with Gasteiger partial charge in [-0.1, -0.05) is 29.8 Å². The first-order chi connectivity index (χ1) is 7.56. The normalized spacial score (nSPS) is 18.4. The third kappa shape index (κ3) is 2.46. The van der Waals surface area contributed by atoms with Crippen molar-refractivity contribution in [1.29, 1.82) is 0 Å². The maximum Gasteiger partial charge on any atom is 0.173 e. The lowest BCUT2D eigenvalue weighted by Crippen LogP contribution is -2.26. The van der Waals surface area contributed by atoms with Crippen molar-refractivity contribution in [2.24, 2.45) is 5.92 Å². The van der Waals surface area contributed by atoms with Gasteiger partial charge in [0.2, 0.25) is 0 Å². The van der Waals surface area contributed by atoms with Crippen molar-refractivity contribution in [3.05, 3.63) is 28.2 Å². The topological polar surface area (TPSA) is 26.3 Å². The zero-order valence-corrected chi connectivity index (χ0v) is 11.1. The van der Waals surface area contributed by atoms with E-state index in [1.165, 1.54) is 0 Å². The van der Waals surface area contributed by atoms with Gasteiger partial charge in [0.1, 0.15) is 5.75 Å². The van der Waals surface area contributed by atoms with Gasteiger partial charge in [0.15, 0.2) is 11.9 Å². The van der Waals surface area contributed by atoms with Gasteiger partial charge in [-0.15, -0.1) is 0 Å². The molecule has 0 aromatic heterocycles. The number of rotatable bonds is 3. The molecule has 0 saturated heterocycles. The largest absolute Gasteiger partial charge is 0.482 e. The van der Waals surface area contributed by atoms with E-state index in [-0.39, 0.29) is 11.9 Å². The van der Waals surface area contributed by atoms with Crippen LogP contribution >= 0.6 is 15.9 Å². The molecule has 0 fully saturated rings. The molecule has 1 aromatic rings. The number of fused-ring (bicyclic) bond motifs is 1. The summed E-state index contributed by atoms with van der Waals surface area (Å²) in [6, 6.07) is 5.88. The zero-order valence-electron chi connectivity index (χ0n) is 9.50.